The van der Waals surface area contributed by atoms with Gasteiger partial charge in [0.1, 0.15) is 0 Å². The van der Waals surface area contributed by atoms with Gasteiger partial charge in [-0.1, -0.05) is 19.1 Å². The predicted octanol–water partition coefficient (Wildman–Crippen LogP) is 1.08. The third-order valence-corrected chi connectivity index (χ3v) is 2.18. The molecular formula is C13H16N2O4. The van der Waals surface area contributed by atoms with Gasteiger partial charge in [0.15, 0.2) is 5.75 Å². The van der Waals surface area contributed by atoms with E-state index < -0.39 is 5.97 Å². The SMILES string of the molecule is CCC(=O)NCC(=O)Nc1ccccc1OC(C)=O. The lowest BCUT2D eigenvalue weighted by Crippen LogP contribution is -2.32. The topological polar surface area (TPSA) is 84.5 Å². The monoisotopic (exact) mass is 264 g/mol. The number of benzene rings is 1. The van der Waals surface area contributed by atoms with Crippen LogP contribution in [0.1, 0.15) is 20.3 Å². The second-order valence-corrected chi connectivity index (χ2v) is 3.77. The van der Waals surface area contributed by atoms with Crippen LogP contribution in [0.3, 0.4) is 0 Å². The molecular weight excluding hydrogens is 248 g/mol. The maximum atomic E-state index is 11.6. The molecule has 0 aliphatic carbocycles. The number of para-hydroxylation sites is 2. The van der Waals surface area contributed by atoms with E-state index >= 15 is 0 Å². The van der Waals surface area contributed by atoms with Crippen LogP contribution in [-0.4, -0.2) is 24.3 Å². The first-order valence-electron chi connectivity index (χ1n) is 5.87. The molecule has 0 spiro atoms. The van der Waals surface area contributed by atoms with E-state index in [1.807, 2.05) is 0 Å². The molecule has 0 radical (unpaired) electrons. The number of anilines is 1. The smallest absolute Gasteiger partial charge is 0.308 e. The number of amides is 2. The number of hydrogen-bond acceptors (Lipinski definition) is 4. The zero-order valence-electron chi connectivity index (χ0n) is 10.9. The molecule has 6 nitrogen and oxygen atoms in total. The Labute approximate surface area is 111 Å². The molecule has 6 heteroatoms. The van der Waals surface area contributed by atoms with Gasteiger partial charge in [-0.25, -0.2) is 0 Å². The summed E-state index contributed by atoms with van der Waals surface area (Å²) in [4.78, 5) is 33.5. The maximum Gasteiger partial charge on any atom is 0.308 e. The highest BCUT2D eigenvalue weighted by molar-refractivity contribution is 5.96. The molecule has 102 valence electrons. The first kappa shape index (κ1) is 14.7. The summed E-state index contributed by atoms with van der Waals surface area (Å²) >= 11 is 0. The molecule has 0 heterocycles. The predicted molar refractivity (Wildman–Crippen MR) is 69.7 cm³/mol. The van der Waals surface area contributed by atoms with Gasteiger partial charge in [0.25, 0.3) is 0 Å². The van der Waals surface area contributed by atoms with Crippen LogP contribution in [0.5, 0.6) is 5.75 Å². The summed E-state index contributed by atoms with van der Waals surface area (Å²) in [5.41, 5.74) is 0.383. The molecule has 2 amide bonds. The van der Waals surface area contributed by atoms with Crippen LogP contribution in [0.4, 0.5) is 5.69 Å². The van der Waals surface area contributed by atoms with Crippen molar-refractivity contribution in [3.8, 4) is 5.75 Å². The fourth-order valence-corrected chi connectivity index (χ4v) is 1.31. The van der Waals surface area contributed by atoms with Gasteiger partial charge in [-0.15, -0.1) is 0 Å². The Balaban J connectivity index is 2.63. The van der Waals surface area contributed by atoms with Gasteiger partial charge in [-0.05, 0) is 12.1 Å². The standard InChI is InChI=1S/C13H16N2O4/c1-3-12(17)14-8-13(18)15-10-6-4-5-7-11(10)19-9(2)16/h4-7H,3,8H2,1-2H3,(H,14,17)(H,15,18). The van der Waals surface area contributed by atoms with E-state index in [2.05, 4.69) is 10.6 Å². The zero-order valence-corrected chi connectivity index (χ0v) is 10.9. The van der Waals surface area contributed by atoms with Crippen LogP contribution in [0.25, 0.3) is 0 Å². The molecule has 0 bridgehead atoms. The summed E-state index contributed by atoms with van der Waals surface area (Å²) in [6.45, 7) is 2.85. The van der Waals surface area contributed by atoms with Crippen LogP contribution in [0.15, 0.2) is 24.3 Å². The van der Waals surface area contributed by atoms with Crippen LogP contribution < -0.4 is 15.4 Å². The van der Waals surface area contributed by atoms with Crippen molar-refractivity contribution < 1.29 is 19.1 Å². The van der Waals surface area contributed by atoms with Gasteiger partial charge in [-0.2, -0.15) is 0 Å². The van der Waals surface area contributed by atoms with E-state index in [0.717, 1.165) is 0 Å². The van der Waals surface area contributed by atoms with Crippen molar-refractivity contribution in [2.75, 3.05) is 11.9 Å². The third-order valence-electron chi connectivity index (χ3n) is 2.18. The number of carbonyl (C=O) groups is 3. The number of esters is 1. The molecule has 1 rings (SSSR count). The second-order valence-electron chi connectivity index (χ2n) is 3.77. The lowest BCUT2D eigenvalue weighted by molar-refractivity contribution is -0.131. The van der Waals surface area contributed by atoms with Crippen LogP contribution in [0, 0.1) is 0 Å². The van der Waals surface area contributed by atoms with Crippen molar-refractivity contribution in [2.24, 2.45) is 0 Å². The first-order chi connectivity index (χ1) is 9.02. The molecule has 19 heavy (non-hydrogen) atoms. The largest absolute Gasteiger partial charge is 0.424 e. The molecule has 2 N–H and O–H groups in total. The highest BCUT2D eigenvalue weighted by Gasteiger charge is 2.09. The minimum Gasteiger partial charge on any atom is -0.424 e. The summed E-state index contributed by atoms with van der Waals surface area (Å²) in [5, 5.41) is 5.02. The molecule has 0 fully saturated rings. The molecule has 0 aliphatic rings. The Kier molecular flexibility index (Phi) is 5.53. The van der Waals surface area contributed by atoms with Gasteiger partial charge < -0.3 is 15.4 Å². The van der Waals surface area contributed by atoms with Crippen molar-refractivity contribution in [1.82, 2.24) is 5.32 Å². The van der Waals surface area contributed by atoms with Crippen LogP contribution >= 0.6 is 0 Å². The number of rotatable bonds is 5. The normalized spacial score (nSPS) is 9.58. The Morgan fingerprint density at radius 2 is 1.84 bits per heavy atom. The highest BCUT2D eigenvalue weighted by atomic mass is 16.5. The first-order valence-corrected chi connectivity index (χ1v) is 5.87. The summed E-state index contributed by atoms with van der Waals surface area (Å²) < 4.78 is 4.95. The quantitative estimate of drug-likeness (QED) is 0.615. The van der Waals surface area contributed by atoms with Gasteiger partial charge >= 0.3 is 5.97 Å². The van der Waals surface area contributed by atoms with Crippen LogP contribution in [0.2, 0.25) is 0 Å². The molecule has 0 saturated heterocycles. The van der Waals surface area contributed by atoms with E-state index in [1.54, 1.807) is 31.2 Å². The van der Waals surface area contributed by atoms with Gasteiger partial charge in [0.05, 0.1) is 12.2 Å². The van der Waals surface area contributed by atoms with Gasteiger partial charge in [0, 0.05) is 13.3 Å². The average Bonchev–Trinajstić information content (AvgIpc) is 2.37. The second kappa shape index (κ2) is 7.15. The number of hydrogen-bond donors (Lipinski definition) is 2. The minimum atomic E-state index is -0.471. The van der Waals surface area contributed by atoms with Crippen molar-refractivity contribution >= 4 is 23.5 Å². The Bertz CT molecular complexity index is 485. The Morgan fingerprint density at radius 1 is 1.16 bits per heavy atom. The van der Waals surface area contributed by atoms with E-state index in [9.17, 15) is 14.4 Å². The fraction of sp³-hybridized carbons (Fsp3) is 0.308. The molecule has 0 atom stereocenters. The molecule has 0 aliphatic heterocycles. The van der Waals surface area contributed by atoms with E-state index in [1.165, 1.54) is 6.92 Å². The zero-order chi connectivity index (χ0) is 14.3. The molecule has 0 aromatic heterocycles. The molecule has 1 aromatic carbocycles. The summed E-state index contributed by atoms with van der Waals surface area (Å²) in [5.74, 6) is -0.795. The minimum absolute atomic E-state index is 0.124. The van der Waals surface area contributed by atoms with E-state index in [4.69, 9.17) is 4.74 Å². The Hall–Kier alpha value is -2.37. The third kappa shape index (κ3) is 5.20. The van der Waals surface area contributed by atoms with Gasteiger partial charge in [-0.3, -0.25) is 14.4 Å². The summed E-state index contributed by atoms with van der Waals surface area (Å²) in [6.07, 6.45) is 0.317. The molecule has 0 unspecified atom stereocenters. The van der Waals surface area contributed by atoms with Gasteiger partial charge in [0.2, 0.25) is 11.8 Å². The Morgan fingerprint density at radius 3 is 2.47 bits per heavy atom. The summed E-state index contributed by atoms with van der Waals surface area (Å²) in [6, 6.07) is 6.57. The highest BCUT2D eigenvalue weighted by Crippen LogP contribution is 2.23. The average molecular weight is 264 g/mol. The van der Waals surface area contributed by atoms with Crippen molar-refractivity contribution in [3.05, 3.63) is 24.3 Å². The summed E-state index contributed by atoms with van der Waals surface area (Å²) in [7, 11) is 0. The molecule has 0 saturated carbocycles. The number of ether oxygens (including phenoxy) is 1. The maximum absolute atomic E-state index is 11.6. The lowest BCUT2D eigenvalue weighted by Gasteiger charge is -2.10. The molecule has 1 aromatic rings. The fourth-order valence-electron chi connectivity index (χ4n) is 1.31. The lowest BCUT2D eigenvalue weighted by atomic mass is 10.3. The van der Waals surface area contributed by atoms with Crippen molar-refractivity contribution in [2.45, 2.75) is 20.3 Å². The van der Waals surface area contributed by atoms with Crippen molar-refractivity contribution in [1.29, 1.82) is 0 Å². The van der Waals surface area contributed by atoms with Crippen LogP contribution in [-0.2, 0) is 14.4 Å². The van der Waals surface area contributed by atoms with E-state index in [0.29, 0.717) is 12.1 Å². The number of carbonyl (C=O) groups excluding carboxylic acids is 3. The van der Waals surface area contributed by atoms with Crippen molar-refractivity contribution in [3.63, 3.8) is 0 Å². The van der Waals surface area contributed by atoms with E-state index in [-0.39, 0.29) is 24.1 Å². The number of nitrogens with one attached hydrogen (secondary N) is 2.